The number of aryl methyl sites for hydroxylation is 1. The normalized spacial score (nSPS) is 12.3. The highest BCUT2D eigenvalue weighted by atomic mass is 16.5. The molecule has 2 aromatic rings. The van der Waals surface area contributed by atoms with Crippen LogP contribution in [-0.4, -0.2) is 12.0 Å². The van der Waals surface area contributed by atoms with Gasteiger partial charge < -0.3 is 14.9 Å². The van der Waals surface area contributed by atoms with Crippen LogP contribution < -0.4 is 16.1 Å². The number of ether oxygens (including phenoxy) is 1. The van der Waals surface area contributed by atoms with Crippen LogP contribution in [0.15, 0.2) is 33.5 Å². The molecular weight excluding hydrogens is 258 g/mol. The highest BCUT2D eigenvalue weighted by Gasteiger charge is 2.15. The molecule has 0 saturated heterocycles. The zero-order chi connectivity index (χ0) is 14.7. The molecule has 0 aliphatic heterocycles. The van der Waals surface area contributed by atoms with E-state index in [1.807, 2.05) is 19.9 Å². The minimum Gasteiger partial charge on any atom is -0.480 e. The number of benzene rings is 1. The molecule has 2 rings (SSSR count). The third kappa shape index (κ3) is 2.82. The number of hydrogen-bond donors (Lipinski definition) is 1. The second-order valence-corrected chi connectivity index (χ2v) is 4.52. The van der Waals surface area contributed by atoms with E-state index in [1.165, 1.54) is 6.07 Å². The summed E-state index contributed by atoms with van der Waals surface area (Å²) in [5.41, 5.74) is 6.22. The molecule has 0 bridgehead atoms. The molecule has 5 nitrogen and oxygen atoms in total. The Hall–Kier alpha value is -2.30. The predicted molar refractivity (Wildman–Crippen MR) is 75.8 cm³/mol. The van der Waals surface area contributed by atoms with Crippen molar-refractivity contribution < 1.29 is 13.9 Å². The highest BCUT2D eigenvalue weighted by molar-refractivity contribution is 5.82. The van der Waals surface area contributed by atoms with Crippen molar-refractivity contribution in [3.8, 4) is 5.75 Å². The van der Waals surface area contributed by atoms with Crippen molar-refractivity contribution in [3.63, 3.8) is 0 Å². The number of amides is 1. The standard InChI is InChI=1S/C15H17NO4/c1-3-9-7-14(17)20-13-8-10(5-6-11(9)13)19-12(4-2)15(16)18/h5-8,12H,3-4H2,1-2H3,(H2,16,18). The molecule has 1 heterocycles. The summed E-state index contributed by atoms with van der Waals surface area (Å²) in [5.74, 6) is -0.0593. The summed E-state index contributed by atoms with van der Waals surface area (Å²) < 4.78 is 10.7. The van der Waals surface area contributed by atoms with Gasteiger partial charge in [0.05, 0.1) is 0 Å². The third-order valence-corrected chi connectivity index (χ3v) is 3.15. The number of nitrogens with two attached hydrogens (primary N) is 1. The number of carbonyl (C=O) groups is 1. The first-order valence-corrected chi connectivity index (χ1v) is 6.58. The second kappa shape index (κ2) is 5.77. The first-order valence-electron chi connectivity index (χ1n) is 6.58. The number of carbonyl (C=O) groups excluding carboxylic acids is 1. The van der Waals surface area contributed by atoms with Gasteiger partial charge in [-0.2, -0.15) is 0 Å². The molecule has 0 radical (unpaired) electrons. The third-order valence-electron chi connectivity index (χ3n) is 3.15. The van der Waals surface area contributed by atoms with Gasteiger partial charge in [0.1, 0.15) is 11.3 Å². The Bertz CT molecular complexity index is 690. The molecule has 0 fully saturated rings. The SMILES string of the molecule is CCc1cc(=O)oc2cc(OC(CC)C(N)=O)ccc12. The minimum atomic E-state index is -0.687. The second-order valence-electron chi connectivity index (χ2n) is 4.52. The van der Waals surface area contributed by atoms with Crippen LogP contribution in [0.3, 0.4) is 0 Å². The van der Waals surface area contributed by atoms with Gasteiger partial charge in [0, 0.05) is 17.5 Å². The lowest BCUT2D eigenvalue weighted by Gasteiger charge is -2.14. The van der Waals surface area contributed by atoms with Crippen molar-refractivity contribution in [1.29, 1.82) is 0 Å². The summed E-state index contributed by atoms with van der Waals surface area (Å²) in [7, 11) is 0. The van der Waals surface area contributed by atoms with Gasteiger partial charge >= 0.3 is 5.63 Å². The molecule has 106 valence electrons. The summed E-state index contributed by atoms with van der Waals surface area (Å²) in [6.07, 6.45) is 0.529. The van der Waals surface area contributed by atoms with E-state index in [0.717, 1.165) is 17.4 Å². The average molecular weight is 275 g/mol. The molecule has 1 unspecified atom stereocenters. The Morgan fingerprint density at radius 3 is 2.70 bits per heavy atom. The fraction of sp³-hybridized carbons (Fsp3) is 0.333. The summed E-state index contributed by atoms with van der Waals surface area (Å²) in [4.78, 5) is 22.7. The fourth-order valence-electron chi connectivity index (χ4n) is 2.08. The van der Waals surface area contributed by atoms with Crippen molar-refractivity contribution in [1.82, 2.24) is 0 Å². The largest absolute Gasteiger partial charge is 0.480 e. The van der Waals surface area contributed by atoms with Crippen LogP contribution in [0.5, 0.6) is 5.75 Å². The van der Waals surface area contributed by atoms with Crippen LogP contribution >= 0.6 is 0 Å². The fourth-order valence-corrected chi connectivity index (χ4v) is 2.08. The number of rotatable bonds is 5. The van der Waals surface area contributed by atoms with Gasteiger partial charge in [0.25, 0.3) is 5.91 Å². The number of fused-ring (bicyclic) bond motifs is 1. The Kier molecular flexibility index (Phi) is 4.08. The first-order chi connectivity index (χ1) is 9.55. The van der Waals surface area contributed by atoms with Crippen LogP contribution in [0, 0.1) is 0 Å². The predicted octanol–water partition coefficient (Wildman–Crippen LogP) is 2.00. The van der Waals surface area contributed by atoms with Gasteiger partial charge in [-0.05, 0) is 30.5 Å². The molecule has 2 N–H and O–H groups in total. The molecule has 0 spiro atoms. The molecule has 1 aromatic heterocycles. The van der Waals surface area contributed by atoms with Gasteiger partial charge in [-0.1, -0.05) is 13.8 Å². The molecular formula is C15H17NO4. The summed E-state index contributed by atoms with van der Waals surface area (Å²) in [5, 5.41) is 0.867. The maximum absolute atomic E-state index is 11.5. The van der Waals surface area contributed by atoms with Gasteiger partial charge in [0.15, 0.2) is 6.10 Å². The lowest BCUT2D eigenvalue weighted by atomic mass is 10.1. The van der Waals surface area contributed by atoms with Gasteiger partial charge in [-0.15, -0.1) is 0 Å². The topological polar surface area (TPSA) is 82.5 Å². The minimum absolute atomic E-state index is 0.395. The molecule has 1 atom stereocenters. The number of hydrogen-bond acceptors (Lipinski definition) is 4. The monoisotopic (exact) mass is 275 g/mol. The van der Waals surface area contributed by atoms with E-state index < -0.39 is 17.6 Å². The van der Waals surface area contributed by atoms with Crippen molar-refractivity contribution in [2.24, 2.45) is 5.73 Å². The Morgan fingerprint density at radius 1 is 1.35 bits per heavy atom. The molecule has 20 heavy (non-hydrogen) atoms. The van der Waals surface area contributed by atoms with E-state index in [9.17, 15) is 9.59 Å². The van der Waals surface area contributed by atoms with E-state index >= 15 is 0 Å². The van der Waals surface area contributed by atoms with Gasteiger partial charge in [0.2, 0.25) is 0 Å². The molecule has 0 aliphatic rings. The Balaban J connectivity index is 2.43. The first kappa shape index (κ1) is 14.1. The summed E-state index contributed by atoms with van der Waals surface area (Å²) >= 11 is 0. The van der Waals surface area contributed by atoms with E-state index in [0.29, 0.717) is 17.8 Å². The van der Waals surface area contributed by atoms with E-state index in [4.69, 9.17) is 14.9 Å². The van der Waals surface area contributed by atoms with Gasteiger partial charge in [-0.3, -0.25) is 4.79 Å². The van der Waals surface area contributed by atoms with E-state index in [2.05, 4.69) is 0 Å². The Labute approximate surface area is 116 Å². The molecule has 5 heteroatoms. The van der Waals surface area contributed by atoms with Gasteiger partial charge in [-0.25, -0.2) is 4.79 Å². The van der Waals surface area contributed by atoms with Crippen molar-refractivity contribution in [2.75, 3.05) is 0 Å². The van der Waals surface area contributed by atoms with Crippen molar-refractivity contribution in [3.05, 3.63) is 40.2 Å². The maximum Gasteiger partial charge on any atom is 0.336 e. The smallest absolute Gasteiger partial charge is 0.336 e. The Morgan fingerprint density at radius 2 is 2.10 bits per heavy atom. The quantitative estimate of drug-likeness (QED) is 0.846. The van der Waals surface area contributed by atoms with Crippen molar-refractivity contribution in [2.45, 2.75) is 32.8 Å². The number of primary amides is 1. The van der Waals surface area contributed by atoms with Crippen molar-refractivity contribution >= 4 is 16.9 Å². The highest BCUT2D eigenvalue weighted by Crippen LogP contribution is 2.24. The zero-order valence-electron chi connectivity index (χ0n) is 11.5. The van der Waals surface area contributed by atoms with Crippen LogP contribution in [0.4, 0.5) is 0 Å². The maximum atomic E-state index is 11.5. The zero-order valence-corrected chi connectivity index (χ0v) is 11.5. The van der Waals surface area contributed by atoms with Crippen LogP contribution in [0.2, 0.25) is 0 Å². The summed E-state index contributed by atoms with van der Waals surface area (Å²) in [6, 6.07) is 6.66. The summed E-state index contributed by atoms with van der Waals surface area (Å²) in [6.45, 7) is 3.78. The van der Waals surface area contributed by atoms with Crippen LogP contribution in [-0.2, 0) is 11.2 Å². The molecule has 0 saturated carbocycles. The average Bonchev–Trinajstić information content (AvgIpc) is 2.42. The lowest BCUT2D eigenvalue weighted by molar-refractivity contribution is -0.124. The molecule has 1 aromatic carbocycles. The van der Waals surface area contributed by atoms with Crippen LogP contribution in [0.1, 0.15) is 25.8 Å². The molecule has 0 aliphatic carbocycles. The van der Waals surface area contributed by atoms with Crippen LogP contribution in [0.25, 0.3) is 11.0 Å². The molecule has 1 amide bonds. The lowest BCUT2D eigenvalue weighted by Crippen LogP contribution is -2.32. The van der Waals surface area contributed by atoms with E-state index in [1.54, 1.807) is 12.1 Å². The van der Waals surface area contributed by atoms with E-state index in [-0.39, 0.29) is 0 Å².